The molecule has 2 rings (SSSR count). The zero-order valence-electron chi connectivity index (χ0n) is 11.1. The maximum atomic E-state index is 5.41. The Morgan fingerprint density at radius 1 is 1.29 bits per heavy atom. The van der Waals surface area contributed by atoms with Crippen molar-refractivity contribution >= 4 is 0 Å². The lowest BCUT2D eigenvalue weighted by Gasteiger charge is -2.28. The molecular formula is C15H25NO. The van der Waals surface area contributed by atoms with Crippen molar-refractivity contribution in [3.8, 4) is 0 Å². The molecule has 0 spiro atoms. The molecule has 2 nitrogen and oxygen atoms in total. The third kappa shape index (κ3) is 3.60. The fraction of sp³-hybridized carbons (Fsp3) is 0.733. The van der Waals surface area contributed by atoms with Crippen molar-refractivity contribution < 1.29 is 4.42 Å². The summed E-state index contributed by atoms with van der Waals surface area (Å²) in [6.45, 7) is 5.64. The van der Waals surface area contributed by atoms with E-state index in [2.05, 4.69) is 19.2 Å². The van der Waals surface area contributed by atoms with E-state index in [0.29, 0.717) is 6.04 Å². The lowest BCUT2D eigenvalue weighted by atomic mass is 9.81. The third-order valence-electron chi connectivity index (χ3n) is 4.23. The molecule has 1 saturated carbocycles. The van der Waals surface area contributed by atoms with Gasteiger partial charge >= 0.3 is 0 Å². The lowest BCUT2D eigenvalue weighted by molar-refractivity contribution is 0.255. The van der Waals surface area contributed by atoms with Crippen LogP contribution in [-0.4, -0.2) is 6.54 Å². The molecule has 17 heavy (non-hydrogen) atoms. The van der Waals surface area contributed by atoms with Gasteiger partial charge in [-0.05, 0) is 50.3 Å². The number of hydrogen-bond donors (Lipinski definition) is 1. The van der Waals surface area contributed by atoms with Crippen molar-refractivity contribution in [3.63, 3.8) is 0 Å². The average molecular weight is 235 g/mol. The van der Waals surface area contributed by atoms with Crippen LogP contribution in [0.15, 0.2) is 22.8 Å². The van der Waals surface area contributed by atoms with Gasteiger partial charge in [0.1, 0.15) is 5.76 Å². The van der Waals surface area contributed by atoms with Crippen LogP contribution in [0.2, 0.25) is 0 Å². The summed E-state index contributed by atoms with van der Waals surface area (Å²) in [7, 11) is 0. The Morgan fingerprint density at radius 2 is 2.00 bits per heavy atom. The molecule has 1 unspecified atom stereocenters. The van der Waals surface area contributed by atoms with Crippen molar-refractivity contribution in [2.75, 3.05) is 6.54 Å². The van der Waals surface area contributed by atoms with Crippen LogP contribution >= 0.6 is 0 Å². The maximum absolute atomic E-state index is 5.41. The summed E-state index contributed by atoms with van der Waals surface area (Å²) < 4.78 is 5.41. The molecule has 1 aromatic heterocycles. The van der Waals surface area contributed by atoms with Gasteiger partial charge in [-0.25, -0.2) is 0 Å². The molecule has 96 valence electrons. The third-order valence-corrected chi connectivity index (χ3v) is 4.23. The van der Waals surface area contributed by atoms with Crippen molar-refractivity contribution in [3.05, 3.63) is 24.2 Å². The minimum absolute atomic E-state index is 0.342. The molecule has 0 aliphatic heterocycles. The highest BCUT2D eigenvalue weighted by atomic mass is 16.3. The molecule has 0 radical (unpaired) electrons. The Kier molecular flexibility index (Phi) is 4.66. The topological polar surface area (TPSA) is 25.2 Å². The van der Waals surface area contributed by atoms with Crippen LogP contribution in [0.5, 0.6) is 0 Å². The quantitative estimate of drug-likeness (QED) is 0.829. The van der Waals surface area contributed by atoms with E-state index >= 15 is 0 Å². The Balaban J connectivity index is 1.69. The molecule has 1 heterocycles. The second kappa shape index (κ2) is 6.25. The van der Waals surface area contributed by atoms with Gasteiger partial charge < -0.3 is 9.73 Å². The van der Waals surface area contributed by atoms with E-state index < -0.39 is 0 Å². The second-order valence-electron chi connectivity index (χ2n) is 5.44. The van der Waals surface area contributed by atoms with Crippen molar-refractivity contribution in [2.24, 2.45) is 11.8 Å². The van der Waals surface area contributed by atoms with E-state index in [0.717, 1.165) is 24.1 Å². The fourth-order valence-corrected chi connectivity index (χ4v) is 2.83. The second-order valence-corrected chi connectivity index (χ2v) is 5.44. The van der Waals surface area contributed by atoms with Gasteiger partial charge in [0.05, 0.1) is 12.3 Å². The van der Waals surface area contributed by atoms with E-state index in [4.69, 9.17) is 4.42 Å². The first-order chi connectivity index (χ1) is 8.29. The molecule has 1 aromatic rings. The Hall–Kier alpha value is -0.760. The SMILES string of the molecule is CCC1CCC(CNC(C)c2ccco2)CC1. The van der Waals surface area contributed by atoms with Crippen LogP contribution in [0, 0.1) is 11.8 Å². The number of furan rings is 1. The molecule has 0 bridgehead atoms. The van der Waals surface area contributed by atoms with Crippen LogP contribution in [0.4, 0.5) is 0 Å². The maximum Gasteiger partial charge on any atom is 0.120 e. The van der Waals surface area contributed by atoms with Gasteiger partial charge in [0.2, 0.25) is 0 Å². The summed E-state index contributed by atoms with van der Waals surface area (Å²) in [6.07, 6.45) is 8.77. The molecule has 1 atom stereocenters. The first-order valence-corrected chi connectivity index (χ1v) is 7.06. The van der Waals surface area contributed by atoms with Gasteiger partial charge in [-0.3, -0.25) is 0 Å². The van der Waals surface area contributed by atoms with E-state index in [1.54, 1.807) is 6.26 Å². The molecule has 0 amide bonds. The zero-order valence-corrected chi connectivity index (χ0v) is 11.1. The molecule has 0 saturated heterocycles. The Labute approximate surface area is 105 Å². The van der Waals surface area contributed by atoms with Crippen molar-refractivity contribution in [1.29, 1.82) is 0 Å². The first-order valence-electron chi connectivity index (χ1n) is 7.06. The van der Waals surface area contributed by atoms with Crippen LogP contribution in [0.25, 0.3) is 0 Å². The molecular weight excluding hydrogens is 210 g/mol. The molecule has 1 aliphatic rings. The molecule has 2 heteroatoms. The predicted molar refractivity (Wildman–Crippen MR) is 70.9 cm³/mol. The summed E-state index contributed by atoms with van der Waals surface area (Å²) >= 11 is 0. The summed E-state index contributed by atoms with van der Waals surface area (Å²) in [5.41, 5.74) is 0. The summed E-state index contributed by atoms with van der Waals surface area (Å²) in [6, 6.07) is 4.35. The fourth-order valence-electron chi connectivity index (χ4n) is 2.83. The molecule has 0 aromatic carbocycles. The van der Waals surface area contributed by atoms with Gasteiger partial charge in [0.25, 0.3) is 0 Å². The Bertz CT molecular complexity index is 299. The standard InChI is InChI=1S/C15H25NO/c1-3-13-6-8-14(9-7-13)11-16-12(2)15-5-4-10-17-15/h4-5,10,12-14,16H,3,6-9,11H2,1-2H3. The molecule has 1 aliphatic carbocycles. The highest BCUT2D eigenvalue weighted by Crippen LogP contribution is 2.30. The highest BCUT2D eigenvalue weighted by Gasteiger charge is 2.20. The predicted octanol–water partition coefficient (Wildman–Crippen LogP) is 4.15. The molecule has 1 N–H and O–H groups in total. The average Bonchev–Trinajstić information content (AvgIpc) is 2.90. The van der Waals surface area contributed by atoms with Crippen LogP contribution in [-0.2, 0) is 0 Å². The van der Waals surface area contributed by atoms with Crippen LogP contribution in [0.1, 0.15) is 57.8 Å². The van der Waals surface area contributed by atoms with Crippen molar-refractivity contribution in [2.45, 2.75) is 52.0 Å². The van der Waals surface area contributed by atoms with Crippen LogP contribution < -0.4 is 5.32 Å². The monoisotopic (exact) mass is 235 g/mol. The minimum Gasteiger partial charge on any atom is -0.468 e. The number of hydrogen-bond acceptors (Lipinski definition) is 2. The number of rotatable bonds is 5. The normalized spacial score (nSPS) is 26.9. The van der Waals surface area contributed by atoms with E-state index in [-0.39, 0.29) is 0 Å². The Morgan fingerprint density at radius 3 is 2.59 bits per heavy atom. The van der Waals surface area contributed by atoms with Gasteiger partial charge in [0, 0.05) is 0 Å². The molecule has 1 fully saturated rings. The summed E-state index contributed by atoms with van der Waals surface area (Å²) in [5.74, 6) is 2.91. The van der Waals surface area contributed by atoms with E-state index in [1.165, 1.54) is 32.1 Å². The van der Waals surface area contributed by atoms with Crippen LogP contribution in [0.3, 0.4) is 0 Å². The van der Waals surface area contributed by atoms with E-state index in [1.807, 2.05) is 12.1 Å². The highest BCUT2D eigenvalue weighted by molar-refractivity contribution is 5.02. The van der Waals surface area contributed by atoms with Gasteiger partial charge in [-0.2, -0.15) is 0 Å². The first kappa shape index (κ1) is 12.7. The van der Waals surface area contributed by atoms with Crippen molar-refractivity contribution in [1.82, 2.24) is 5.32 Å². The van der Waals surface area contributed by atoms with Gasteiger partial charge in [-0.15, -0.1) is 0 Å². The largest absolute Gasteiger partial charge is 0.468 e. The zero-order chi connectivity index (χ0) is 12.1. The van der Waals surface area contributed by atoms with Gasteiger partial charge in [0.15, 0.2) is 0 Å². The lowest BCUT2D eigenvalue weighted by Crippen LogP contribution is -2.28. The smallest absolute Gasteiger partial charge is 0.120 e. The minimum atomic E-state index is 0.342. The van der Waals surface area contributed by atoms with Gasteiger partial charge in [-0.1, -0.05) is 26.2 Å². The summed E-state index contributed by atoms with van der Waals surface area (Å²) in [4.78, 5) is 0. The van der Waals surface area contributed by atoms with E-state index in [9.17, 15) is 0 Å². The number of nitrogens with one attached hydrogen (secondary N) is 1. The summed E-state index contributed by atoms with van der Waals surface area (Å²) in [5, 5.41) is 3.59.